The van der Waals surface area contributed by atoms with E-state index in [1.165, 1.54) is 11.3 Å². The standard InChI is InChI=1S/C15H21N7OS/c1-5-7(3)10-14(23)19-11-12(18-10)16-8(4)17-13(11)20-15-22-21-9(6-2)24-15/h7,10H,5-6H2,1-4H3,(H,19,23)(H2,16,17,18,20,22). The molecule has 0 fully saturated rings. The van der Waals surface area contributed by atoms with Gasteiger partial charge in [-0.25, -0.2) is 9.97 Å². The zero-order valence-electron chi connectivity index (χ0n) is 14.2. The van der Waals surface area contributed by atoms with E-state index < -0.39 is 0 Å². The van der Waals surface area contributed by atoms with Gasteiger partial charge in [-0.3, -0.25) is 4.79 Å². The molecular weight excluding hydrogens is 326 g/mol. The summed E-state index contributed by atoms with van der Waals surface area (Å²) < 4.78 is 0. The Morgan fingerprint density at radius 3 is 2.75 bits per heavy atom. The molecule has 128 valence electrons. The average Bonchev–Trinajstić information content (AvgIpc) is 3.02. The summed E-state index contributed by atoms with van der Waals surface area (Å²) in [4.78, 5) is 21.2. The topological polar surface area (TPSA) is 105 Å². The van der Waals surface area contributed by atoms with E-state index in [1.807, 2.05) is 20.8 Å². The predicted molar refractivity (Wildman–Crippen MR) is 94.8 cm³/mol. The van der Waals surface area contributed by atoms with Crippen LogP contribution in [0.4, 0.5) is 22.5 Å². The zero-order chi connectivity index (χ0) is 17.3. The van der Waals surface area contributed by atoms with Crippen LogP contribution in [-0.4, -0.2) is 32.1 Å². The van der Waals surface area contributed by atoms with Crippen molar-refractivity contribution in [3.05, 3.63) is 10.8 Å². The van der Waals surface area contributed by atoms with Gasteiger partial charge in [0.1, 0.15) is 22.6 Å². The zero-order valence-corrected chi connectivity index (χ0v) is 15.0. The van der Waals surface area contributed by atoms with Gasteiger partial charge in [0.2, 0.25) is 11.0 Å². The van der Waals surface area contributed by atoms with Crippen molar-refractivity contribution in [2.24, 2.45) is 5.92 Å². The number of hydrogen-bond acceptors (Lipinski definition) is 8. The van der Waals surface area contributed by atoms with Gasteiger partial charge in [-0.15, -0.1) is 10.2 Å². The van der Waals surface area contributed by atoms with Crippen molar-refractivity contribution in [2.75, 3.05) is 16.0 Å². The normalized spacial score (nSPS) is 17.7. The van der Waals surface area contributed by atoms with E-state index in [9.17, 15) is 4.79 Å². The molecule has 1 aliphatic rings. The van der Waals surface area contributed by atoms with Crippen molar-refractivity contribution >= 4 is 39.7 Å². The highest BCUT2D eigenvalue weighted by Crippen LogP contribution is 2.35. The van der Waals surface area contributed by atoms with Crippen molar-refractivity contribution in [3.63, 3.8) is 0 Å². The molecule has 0 saturated heterocycles. The lowest BCUT2D eigenvalue weighted by molar-refractivity contribution is -0.118. The third kappa shape index (κ3) is 3.16. The van der Waals surface area contributed by atoms with E-state index >= 15 is 0 Å². The Morgan fingerprint density at radius 2 is 2.08 bits per heavy atom. The van der Waals surface area contributed by atoms with Crippen LogP contribution in [0.5, 0.6) is 0 Å². The first-order valence-electron chi connectivity index (χ1n) is 8.07. The highest BCUT2D eigenvalue weighted by Gasteiger charge is 2.32. The second kappa shape index (κ2) is 6.68. The third-order valence-corrected chi connectivity index (χ3v) is 5.03. The summed E-state index contributed by atoms with van der Waals surface area (Å²) in [6.45, 7) is 7.96. The highest BCUT2D eigenvalue weighted by molar-refractivity contribution is 7.15. The summed E-state index contributed by atoms with van der Waals surface area (Å²) in [6, 6.07) is -0.294. The van der Waals surface area contributed by atoms with E-state index in [2.05, 4.69) is 43.0 Å². The van der Waals surface area contributed by atoms with Crippen molar-refractivity contribution < 1.29 is 4.79 Å². The minimum absolute atomic E-state index is 0.0705. The molecule has 1 amide bonds. The number of rotatable bonds is 5. The van der Waals surface area contributed by atoms with Crippen molar-refractivity contribution in [3.8, 4) is 0 Å². The molecule has 0 aliphatic carbocycles. The summed E-state index contributed by atoms with van der Waals surface area (Å²) in [5, 5.41) is 19.1. The fourth-order valence-electron chi connectivity index (χ4n) is 2.48. The Labute approximate surface area is 144 Å². The lowest BCUT2D eigenvalue weighted by Gasteiger charge is -2.30. The molecule has 3 N–H and O–H groups in total. The summed E-state index contributed by atoms with van der Waals surface area (Å²) in [6.07, 6.45) is 1.73. The van der Waals surface area contributed by atoms with Crippen molar-refractivity contribution in [1.82, 2.24) is 20.2 Å². The molecular formula is C15H21N7OS. The number of anilines is 4. The molecule has 0 bridgehead atoms. The monoisotopic (exact) mass is 347 g/mol. The van der Waals surface area contributed by atoms with Gasteiger partial charge in [0, 0.05) is 0 Å². The Kier molecular flexibility index (Phi) is 4.61. The molecule has 0 saturated carbocycles. The van der Waals surface area contributed by atoms with Crippen LogP contribution in [0.25, 0.3) is 0 Å². The maximum Gasteiger partial charge on any atom is 0.247 e. The number of nitrogens with one attached hydrogen (secondary N) is 3. The molecule has 3 heterocycles. The molecule has 1 aliphatic heterocycles. The lowest BCUT2D eigenvalue weighted by atomic mass is 9.97. The molecule has 2 atom stereocenters. The van der Waals surface area contributed by atoms with Crippen LogP contribution >= 0.6 is 11.3 Å². The van der Waals surface area contributed by atoms with Gasteiger partial charge in [0.05, 0.1) is 0 Å². The number of hydrogen-bond donors (Lipinski definition) is 3. The average molecular weight is 347 g/mol. The second-order valence-corrected chi connectivity index (χ2v) is 6.88. The Hall–Kier alpha value is -2.29. The van der Waals surface area contributed by atoms with Crippen molar-refractivity contribution in [2.45, 2.75) is 46.6 Å². The van der Waals surface area contributed by atoms with Crippen LogP contribution in [0.2, 0.25) is 0 Å². The summed E-state index contributed by atoms with van der Waals surface area (Å²) in [5.74, 6) is 1.91. The molecule has 24 heavy (non-hydrogen) atoms. The minimum atomic E-state index is -0.294. The molecule has 2 unspecified atom stereocenters. The van der Waals surface area contributed by atoms with Crippen LogP contribution in [0, 0.1) is 12.8 Å². The first-order valence-corrected chi connectivity index (χ1v) is 8.88. The largest absolute Gasteiger partial charge is 0.356 e. The van der Waals surface area contributed by atoms with Gasteiger partial charge in [0.25, 0.3) is 0 Å². The minimum Gasteiger partial charge on any atom is -0.356 e. The van der Waals surface area contributed by atoms with Gasteiger partial charge >= 0.3 is 0 Å². The van der Waals surface area contributed by atoms with Crippen LogP contribution in [-0.2, 0) is 11.2 Å². The number of aromatic nitrogens is 4. The summed E-state index contributed by atoms with van der Waals surface area (Å²) >= 11 is 1.47. The Morgan fingerprint density at radius 1 is 1.29 bits per heavy atom. The number of aryl methyl sites for hydroxylation is 2. The van der Waals surface area contributed by atoms with Crippen LogP contribution in [0.15, 0.2) is 0 Å². The quantitative estimate of drug-likeness (QED) is 0.764. The van der Waals surface area contributed by atoms with Crippen LogP contribution < -0.4 is 16.0 Å². The maximum absolute atomic E-state index is 12.4. The molecule has 8 nitrogen and oxygen atoms in total. The maximum atomic E-state index is 12.4. The Balaban J connectivity index is 1.92. The third-order valence-electron chi connectivity index (χ3n) is 4.05. The number of carbonyl (C=O) groups is 1. The smallest absolute Gasteiger partial charge is 0.247 e. The SMILES string of the molecule is CCc1nnc(Nc2nc(C)nc3c2NC(=O)C(C(C)CC)N3)s1. The Bertz CT molecular complexity index is 760. The van der Waals surface area contributed by atoms with E-state index in [0.717, 1.165) is 17.8 Å². The van der Waals surface area contributed by atoms with E-state index in [1.54, 1.807) is 0 Å². The van der Waals surface area contributed by atoms with Gasteiger partial charge in [-0.2, -0.15) is 0 Å². The number of nitrogens with zero attached hydrogens (tertiary/aromatic N) is 4. The molecule has 3 rings (SSSR count). The fraction of sp³-hybridized carbons (Fsp3) is 0.533. The molecule has 2 aromatic rings. The fourth-order valence-corrected chi connectivity index (χ4v) is 3.16. The van der Waals surface area contributed by atoms with Gasteiger partial charge in [-0.05, 0) is 19.3 Å². The number of fused-ring (bicyclic) bond motifs is 1. The molecule has 0 aromatic carbocycles. The second-order valence-electron chi connectivity index (χ2n) is 5.82. The van der Waals surface area contributed by atoms with E-state index in [-0.39, 0.29) is 17.9 Å². The van der Waals surface area contributed by atoms with Crippen molar-refractivity contribution in [1.29, 1.82) is 0 Å². The molecule has 0 spiro atoms. The summed E-state index contributed by atoms with van der Waals surface area (Å²) in [7, 11) is 0. The molecule has 0 radical (unpaired) electrons. The van der Waals surface area contributed by atoms with E-state index in [4.69, 9.17) is 0 Å². The van der Waals surface area contributed by atoms with Crippen LogP contribution in [0.3, 0.4) is 0 Å². The number of carbonyl (C=O) groups excluding carboxylic acids is 1. The highest BCUT2D eigenvalue weighted by atomic mass is 32.1. The lowest BCUT2D eigenvalue weighted by Crippen LogP contribution is -2.43. The first-order chi connectivity index (χ1) is 11.5. The van der Waals surface area contributed by atoms with Gasteiger partial charge in [-0.1, -0.05) is 38.5 Å². The van der Waals surface area contributed by atoms with Gasteiger partial charge in [0.15, 0.2) is 11.6 Å². The summed E-state index contributed by atoms with van der Waals surface area (Å²) in [5.41, 5.74) is 0.554. The molecule has 2 aromatic heterocycles. The number of amides is 1. The van der Waals surface area contributed by atoms with E-state index in [0.29, 0.717) is 28.3 Å². The molecule has 9 heteroatoms. The first kappa shape index (κ1) is 16.6. The van der Waals surface area contributed by atoms with Gasteiger partial charge < -0.3 is 16.0 Å². The van der Waals surface area contributed by atoms with Crippen LogP contribution in [0.1, 0.15) is 38.0 Å². The predicted octanol–water partition coefficient (Wildman–Crippen LogP) is 2.72.